The number of H-pyrrole nitrogens is 1. The number of benzene rings is 1. The number of hydrogen-bond acceptors (Lipinski definition) is 8. The number of carbonyl (C=O) groups excluding carboxylic acids is 1. The average molecular weight is 529 g/mol. The van der Waals surface area contributed by atoms with Gasteiger partial charge in [0.2, 0.25) is 5.88 Å². The van der Waals surface area contributed by atoms with Gasteiger partial charge in [-0.2, -0.15) is 0 Å². The second-order valence-electron chi connectivity index (χ2n) is 9.75. The first-order valence-electron chi connectivity index (χ1n) is 13.0. The van der Waals surface area contributed by atoms with Gasteiger partial charge in [-0.25, -0.2) is 9.97 Å². The van der Waals surface area contributed by atoms with Crippen LogP contribution < -0.4 is 15.6 Å². The van der Waals surface area contributed by atoms with Crippen molar-refractivity contribution >= 4 is 28.2 Å². The lowest BCUT2D eigenvalue weighted by molar-refractivity contribution is -0.142. The van der Waals surface area contributed by atoms with Crippen LogP contribution in [0.25, 0.3) is 22.2 Å². The first kappa shape index (κ1) is 26.3. The molecule has 5 rings (SSSR count). The highest BCUT2D eigenvalue weighted by atomic mass is 16.5. The molecule has 0 aliphatic carbocycles. The van der Waals surface area contributed by atoms with E-state index in [4.69, 9.17) is 14.5 Å². The normalized spacial score (nSPS) is 14.8. The Balaban J connectivity index is 1.41. The number of aryl methyl sites for hydroxylation is 1. The van der Waals surface area contributed by atoms with Crippen molar-refractivity contribution in [1.82, 2.24) is 24.8 Å². The molecule has 4 heterocycles. The number of likely N-dealkylation sites (tertiary alicyclic amines) is 1. The fourth-order valence-electron chi connectivity index (χ4n) is 5.12. The van der Waals surface area contributed by atoms with Gasteiger partial charge in [-0.3, -0.25) is 14.6 Å². The third kappa shape index (κ3) is 5.46. The van der Waals surface area contributed by atoms with Gasteiger partial charge >= 0.3 is 0 Å². The number of anilines is 2. The predicted octanol–water partition coefficient (Wildman–Crippen LogP) is 4.18. The van der Waals surface area contributed by atoms with E-state index >= 15 is 0 Å². The SMILES string of the molecule is COc1cncc(-c2cc3cc[nH]c(=O)c3c(Nc3ccc(C4CCN(C(=O)[C@@H](C)OC)CC4)c(C)c3)n2)n1. The molecule has 202 valence electrons. The number of nitrogens with one attached hydrogen (secondary N) is 2. The summed E-state index contributed by atoms with van der Waals surface area (Å²) in [4.78, 5) is 43.3. The van der Waals surface area contributed by atoms with Crippen LogP contribution in [0.5, 0.6) is 5.88 Å². The molecule has 1 saturated heterocycles. The minimum atomic E-state index is -0.417. The predicted molar refractivity (Wildman–Crippen MR) is 149 cm³/mol. The lowest BCUT2D eigenvalue weighted by Crippen LogP contribution is -2.43. The molecule has 0 unspecified atom stereocenters. The Hall–Kier alpha value is -4.31. The number of aromatic nitrogens is 4. The maximum Gasteiger partial charge on any atom is 0.259 e. The van der Waals surface area contributed by atoms with Crippen LogP contribution in [0.4, 0.5) is 11.5 Å². The van der Waals surface area contributed by atoms with Crippen molar-refractivity contribution in [2.45, 2.75) is 38.7 Å². The quantitative estimate of drug-likeness (QED) is 0.366. The molecule has 1 amide bonds. The molecule has 0 saturated carbocycles. The van der Waals surface area contributed by atoms with E-state index in [1.165, 1.54) is 18.9 Å². The number of nitrogens with zero attached hydrogens (tertiary/aromatic N) is 4. The lowest BCUT2D eigenvalue weighted by Gasteiger charge is -2.34. The molecule has 39 heavy (non-hydrogen) atoms. The Morgan fingerprint density at radius 1 is 1.10 bits per heavy atom. The molecule has 1 aromatic carbocycles. The van der Waals surface area contributed by atoms with Crippen molar-refractivity contribution in [3.63, 3.8) is 0 Å². The zero-order valence-corrected chi connectivity index (χ0v) is 22.5. The molecule has 0 bridgehead atoms. The van der Waals surface area contributed by atoms with E-state index in [1.54, 1.807) is 26.4 Å². The van der Waals surface area contributed by atoms with Crippen molar-refractivity contribution < 1.29 is 14.3 Å². The fourth-order valence-corrected chi connectivity index (χ4v) is 5.12. The maximum atomic E-state index is 12.8. The van der Waals surface area contributed by atoms with Crippen LogP contribution in [0.15, 0.2) is 53.7 Å². The molecular weight excluding hydrogens is 496 g/mol. The van der Waals surface area contributed by atoms with Crippen molar-refractivity contribution in [2.24, 2.45) is 0 Å². The Bertz CT molecular complexity index is 1560. The molecule has 10 heteroatoms. The minimum Gasteiger partial charge on any atom is -0.480 e. The highest BCUT2D eigenvalue weighted by Gasteiger charge is 2.27. The van der Waals surface area contributed by atoms with Gasteiger partial charge in [-0.15, -0.1) is 0 Å². The molecule has 2 N–H and O–H groups in total. The number of rotatable bonds is 7. The van der Waals surface area contributed by atoms with Crippen molar-refractivity contribution in [3.8, 4) is 17.3 Å². The van der Waals surface area contributed by atoms with Gasteiger partial charge in [0.05, 0.1) is 30.6 Å². The number of ether oxygens (including phenoxy) is 2. The standard InChI is InChI=1S/C29H32N6O4/c1-17-13-21(5-6-22(17)19-8-11-35(12-9-19)29(37)18(2)38-3)32-27-26-20(7-10-31-28(26)36)14-23(34-27)24-15-30-16-25(33-24)39-4/h5-7,10,13-16,18-19H,8-9,11-12H2,1-4H3,(H,31,36)(H,32,34)/t18-/m1/s1. The van der Waals surface area contributed by atoms with E-state index < -0.39 is 6.10 Å². The number of pyridine rings is 2. The zero-order chi connectivity index (χ0) is 27.5. The third-order valence-electron chi connectivity index (χ3n) is 7.32. The maximum absolute atomic E-state index is 12.8. The second kappa shape index (κ2) is 11.2. The summed E-state index contributed by atoms with van der Waals surface area (Å²) in [5.41, 5.74) is 4.11. The fraction of sp³-hybridized carbons (Fsp3) is 0.345. The van der Waals surface area contributed by atoms with Crippen molar-refractivity contribution in [1.29, 1.82) is 0 Å². The van der Waals surface area contributed by atoms with E-state index in [-0.39, 0.29) is 11.5 Å². The Morgan fingerprint density at radius 2 is 1.90 bits per heavy atom. The van der Waals surface area contributed by atoms with Gasteiger partial charge in [0.25, 0.3) is 11.5 Å². The zero-order valence-electron chi connectivity index (χ0n) is 22.5. The molecule has 1 aliphatic heterocycles. The molecule has 3 aromatic heterocycles. The molecule has 4 aromatic rings. The highest BCUT2D eigenvalue weighted by Crippen LogP contribution is 2.33. The monoisotopic (exact) mass is 528 g/mol. The summed E-state index contributed by atoms with van der Waals surface area (Å²) in [7, 11) is 3.09. The topological polar surface area (TPSA) is 122 Å². The second-order valence-corrected chi connectivity index (χ2v) is 9.75. The van der Waals surface area contributed by atoms with Gasteiger partial charge in [0.1, 0.15) is 17.6 Å². The van der Waals surface area contributed by atoms with Gasteiger partial charge in [-0.1, -0.05) is 6.07 Å². The van der Waals surface area contributed by atoms with E-state index in [0.29, 0.717) is 34.4 Å². The van der Waals surface area contributed by atoms with Gasteiger partial charge in [0, 0.05) is 32.1 Å². The van der Waals surface area contributed by atoms with E-state index in [0.717, 1.165) is 42.6 Å². The summed E-state index contributed by atoms with van der Waals surface area (Å²) in [6.07, 6.45) is 6.15. The first-order valence-corrected chi connectivity index (χ1v) is 13.0. The average Bonchev–Trinajstić information content (AvgIpc) is 2.96. The van der Waals surface area contributed by atoms with Crippen LogP contribution in [0, 0.1) is 6.92 Å². The third-order valence-corrected chi connectivity index (χ3v) is 7.32. The number of carbonyl (C=O) groups is 1. The number of amides is 1. The highest BCUT2D eigenvalue weighted by molar-refractivity contribution is 5.95. The van der Waals surface area contributed by atoms with Gasteiger partial charge in [-0.05, 0) is 73.4 Å². The van der Waals surface area contributed by atoms with E-state index in [2.05, 4.69) is 39.3 Å². The van der Waals surface area contributed by atoms with Crippen LogP contribution in [0.2, 0.25) is 0 Å². The van der Waals surface area contributed by atoms with Crippen LogP contribution >= 0.6 is 0 Å². The Kier molecular flexibility index (Phi) is 7.56. The van der Waals surface area contributed by atoms with Crippen LogP contribution in [0.3, 0.4) is 0 Å². The summed E-state index contributed by atoms with van der Waals surface area (Å²) in [5, 5.41) is 4.55. The lowest BCUT2D eigenvalue weighted by atomic mass is 9.86. The minimum absolute atomic E-state index is 0.0455. The van der Waals surface area contributed by atoms with E-state index in [9.17, 15) is 9.59 Å². The first-order chi connectivity index (χ1) is 18.9. The van der Waals surface area contributed by atoms with Crippen LogP contribution in [-0.2, 0) is 9.53 Å². The number of fused-ring (bicyclic) bond motifs is 1. The Morgan fingerprint density at radius 3 is 2.62 bits per heavy atom. The molecule has 0 radical (unpaired) electrons. The molecular formula is C29H32N6O4. The number of aromatic amines is 1. The number of methoxy groups -OCH3 is 2. The smallest absolute Gasteiger partial charge is 0.259 e. The van der Waals surface area contributed by atoms with Crippen LogP contribution in [0.1, 0.15) is 36.8 Å². The van der Waals surface area contributed by atoms with E-state index in [1.807, 2.05) is 23.1 Å². The summed E-state index contributed by atoms with van der Waals surface area (Å²) in [6, 6.07) is 9.86. The largest absolute Gasteiger partial charge is 0.480 e. The molecule has 10 nitrogen and oxygen atoms in total. The summed E-state index contributed by atoms with van der Waals surface area (Å²) < 4.78 is 10.4. The summed E-state index contributed by atoms with van der Waals surface area (Å²) in [5.74, 6) is 1.23. The van der Waals surface area contributed by atoms with Crippen molar-refractivity contribution in [3.05, 3.63) is 70.4 Å². The molecule has 0 spiro atoms. The van der Waals surface area contributed by atoms with Crippen LogP contribution in [-0.4, -0.2) is 64.2 Å². The van der Waals surface area contributed by atoms with Gasteiger partial charge < -0.3 is 24.7 Å². The van der Waals surface area contributed by atoms with Crippen molar-refractivity contribution in [2.75, 3.05) is 32.6 Å². The molecule has 1 aliphatic rings. The molecule has 1 atom stereocenters. The Labute approximate surface area is 226 Å². The summed E-state index contributed by atoms with van der Waals surface area (Å²) >= 11 is 0. The number of hydrogen-bond donors (Lipinski definition) is 2. The molecule has 1 fully saturated rings. The van der Waals surface area contributed by atoms with Gasteiger partial charge in [0.15, 0.2) is 0 Å². The number of piperidine rings is 1. The summed E-state index contributed by atoms with van der Waals surface area (Å²) in [6.45, 7) is 5.31.